The normalized spacial score (nSPS) is 37.8. The summed E-state index contributed by atoms with van der Waals surface area (Å²) in [5.41, 5.74) is 0. The van der Waals surface area contributed by atoms with Crippen molar-refractivity contribution >= 4 is 5.97 Å². The first kappa shape index (κ1) is 26.2. The number of carbonyl (C=O) groups is 1. The standard InChI is InChI=1S/C29H46O4/c1-4-5-6-7-8-9-17-28-23(3)13-10-11-14-24-15-12-16-25(31-24)20-26-18-22(2)19-27(32-26)21-29(30)33-28/h7-10,13,17,22-28H,4-6,11-12,14-16,18-21H2,1-3H3/b8-7-,13-10+,17-9+. The Labute approximate surface area is 201 Å². The average Bonchev–Trinajstić information content (AvgIpc) is 2.77. The van der Waals surface area contributed by atoms with Crippen molar-refractivity contribution in [3.8, 4) is 0 Å². The molecule has 3 aliphatic heterocycles. The number of carbonyl (C=O) groups excluding carboxylic acids is 1. The highest BCUT2D eigenvalue weighted by molar-refractivity contribution is 5.70. The van der Waals surface area contributed by atoms with Gasteiger partial charge in [-0.3, -0.25) is 4.79 Å². The lowest BCUT2D eigenvalue weighted by Gasteiger charge is -2.37. The summed E-state index contributed by atoms with van der Waals surface area (Å²) in [7, 11) is 0. The van der Waals surface area contributed by atoms with Crippen LogP contribution >= 0.6 is 0 Å². The first-order valence-electron chi connectivity index (χ1n) is 13.5. The van der Waals surface area contributed by atoms with Crippen LogP contribution in [0.2, 0.25) is 0 Å². The Kier molecular flexibility index (Phi) is 11.2. The van der Waals surface area contributed by atoms with Crippen LogP contribution in [0.3, 0.4) is 0 Å². The smallest absolute Gasteiger partial charge is 0.309 e. The molecule has 4 nitrogen and oxygen atoms in total. The van der Waals surface area contributed by atoms with Crippen LogP contribution in [-0.2, 0) is 19.0 Å². The van der Waals surface area contributed by atoms with Gasteiger partial charge < -0.3 is 14.2 Å². The van der Waals surface area contributed by atoms with Crippen molar-refractivity contribution in [2.75, 3.05) is 0 Å². The van der Waals surface area contributed by atoms with E-state index in [0.717, 1.165) is 51.4 Å². The van der Waals surface area contributed by atoms with Crippen LogP contribution in [0.5, 0.6) is 0 Å². The van der Waals surface area contributed by atoms with E-state index in [4.69, 9.17) is 14.2 Å². The number of allylic oxidation sites excluding steroid dienone is 4. The number of unbranched alkanes of at least 4 members (excludes halogenated alkanes) is 2. The maximum Gasteiger partial charge on any atom is 0.309 e. The highest BCUT2D eigenvalue weighted by atomic mass is 16.5. The van der Waals surface area contributed by atoms with Gasteiger partial charge in [0.15, 0.2) is 0 Å². The summed E-state index contributed by atoms with van der Waals surface area (Å²) in [6.07, 6.45) is 25.7. The Balaban J connectivity index is 1.69. The Bertz CT molecular complexity index is 667. The highest BCUT2D eigenvalue weighted by Gasteiger charge is 2.33. The minimum Gasteiger partial charge on any atom is -0.457 e. The Morgan fingerprint density at radius 3 is 2.61 bits per heavy atom. The molecular formula is C29H46O4. The van der Waals surface area contributed by atoms with Crippen molar-refractivity contribution in [3.05, 3.63) is 36.5 Å². The van der Waals surface area contributed by atoms with Crippen LogP contribution in [0, 0.1) is 11.8 Å². The summed E-state index contributed by atoms with van der Waals surface area (Å²) < 4.78 is 18.8. The monoisotopic (exact) mass is 458 g/mol. The fourth-order valence-corrected chi connectivity index (χ4v) is 5.40. The van der Waals surface area contributed by atoms with Crippen LogP contribution in [0.4, 0.5) is 0 Å². The van der Waals surface area contributed by atoms with Crippen molar-refractivity contribution in [1.29, 1.82) is 0 Å². The molecule has 3 rings (SSSR count). The van der Waals surface area contributed by atoms with E-state index in [9.17, 15) is 4.79 Å². The number of esters is 1. The second-order valence-corrected chi connectivity index (χ2v) is 10.5. The minimum atomic E-state index is -0.260. The molecule has 2 fully saturated rings. The third kappa shape index (κ3) is 9.41. The van der Waals surface area contributed by atoms with Crippen LogP contribution in [-0.4, -0.2) is 36.5 Å². The van der Waals surface area contributed by atoms with Gasteiger partial charge >= 0.3 is 5.97 Å². The second kappa shape index (κ2) is 14.1. The Morgan fingerprint density at radius 1 is 0.970 bits per heavy atom. The molecule has 3 heterocycles. The molecule has 2 saturated heterocycles. The van der Waals surface area contributed by atoms with Gasteiger partial charge in [0.25, 0.3) is 0 Å². The molecule has 7 unspecified atom stereocenters. The highest BCUT2D eigenvalue weighted by Crippen LogP contribution is 2.33. The predicted octanol–water partition coefficient (Wildman–Crippen LogP) is 7.09. The van der Waals surface area contributed by atoms with Gasteiger partial charge in [-0.1, -0.05) is 64.0 Å². The molecule has 7 atom stereocenters. The SMILES string of the molecule is CCCC/C=C\C=C\C1OC(=O)CC2CC(C)CC(CC3CCCC(CC/C=C/C1C)O3)O2. The van der Waals surface area contributed by atoms with Gasteiger partial charge in [-0.05, 0) is 69.8 Å². The largest absolute Gasteiger partial charge is 0.457 e. The molecular weight excluding hydrogens is 412 g/mol. The van der Waals surface area contributed by atoms with Gasteiger partial charge in [0, 0.05) is 5.92 Å². The molecule has 4 heteroatoms. The summed E-state index contributed by atoms with van der Waals surface area (Å²) in [5.74, 6) is 0.533. The van der Waals surface area contributed by atoms with Gasteiger partial charge in [-0.15, -0.1) is 0 Å². The molecule has 0 saturated carbocycles. The van der Waals surface area contributed by atoms with Crippen molar-refractivity contribution in [1.82, 2.24) is 0 Å². The van der Waals surface area contributed by atoms with Gasteiger partial charge in [0.2, 0.25) is 0 Å². The summed E-state index contributed by atoms with van der Waals surface area (Å²) >= 11 is 0. The van der Waals surface area contributed by atoms with Crippen molar-refractivity contribution < 1.29 is 19.0 Å². The summed E-state index contributed by atoms with van der Waals surface area (Å²) in [6, 6.07) is 0. The Hall–Kier alpha value is -1.39. The number of cyclic esters (lactones) is 1. The van der Waals surface area contributed by atoms with Crippen LogP contribution < -0.4 is 0 Å². The zero-order chi connectivity index (χ0) is 23.5. The molecule has 0 aromatic carbocycles. The molecule has 0 N–H and O–H groups in total. The van der Waals surface area contributed by atoms with E-state index in [-0.39, 0.29) is 30.2 Å². The number of fused-ring (bicyclic) bond motifs is 4. The molecule has 0 spiro atoms. The summed E-state index contributed by atoms with van der Waals surface area (Å²) in [5, 5.41) is 0. The van der Waals surface area contributed by atoms with E-state index in [0.29, 0.717) is 24.5 Å². The Morgan fingerprint density at radius 2 is 1.76 bits per heavy atom. The second-order valence-electron chi connectivity index (χ2n) is 10.5. The number of hydrogen-bond acceptors (Lipinski definition) is 4. The third-order valence-corrected chi connectivity index (χ3v) is 7.23. The predicted molar refractivity (Wildman–Crippen MR) is 134 cm³/mol. The van der Waals surface area contributed by atoms with E-state index < -0.39 is 0 Å². The van der Waals surface area contributed by atoms with Crippen molar-refractivity contribution in [2.45, 2.75) is 128 Å². The first-order valence-corrected chi connectivity index (χ1v) is 13.5. The number of ether oxygens (including phenoxy) is 3. The summed E-state index contributed by atoms with van der Waals surface area (Å²) in [4.78, 5) is 12.9. The van der Waals surface area contributed by atoms with Crippen LogP contribution in [0.1, 0.15) is 97.8 Å². The van der Waals surface area contributed by atoms with E-state index in [2.05, 4.69) is 45.1 Å². The fourth-order valence-electron chi connectivity index (χ4n) is 5.40. The fraction of sp³-hybridized carbons (Fsp3) is 0.759. The topological polar surface area (TPSA) is 44.8 Å². The van der Waals surface area contributed by atoms with E-state index in [1.165, 1.54) is 19.3 Å². The maximum absolute atomic E-state index is 12.9. The zero-order valence-corrected chi connectivity index (χ0v) is 21.1. The molecule has 0 aromatic heterocycles. The molecule has 3 aliphatic rings. The first-order chi connectivity index (χ1) is 16.0. The van der Waals surface area contributed by atoms with E-state index >= 15 is 0 Å². The lowest BCUT2D eigenvalue weighted by Crippen LogP contribution is -2.38. The molecule has 0 aliphatic carbocycles. The van der Waals surface area contributed by atoms with Gasteiger partial charge in [0.05, 0.1) is 30.8 Å². The summed E-state index contributed by atoms with van der Waals surface area (Å²) in [6.45, 7) is 6.61. The number of hydrogen-bond donors (Lipinski definition) is 0. The molecule has 0 amide bonds. The minimum absolute atomic E-state index is 0.0528. The lowest BCUT2D eigenvalue weighted by molar-refractivity contribution is -0.157. The zero-order valence-electron chi connectivity index (χ0n) is 21.1. The molecule has 4 bridgehead atoms. The molecule has 33 heavy (non-hydrogen) atoms. The molecule has 186 valence electrons. The van der Waals surface area contributed by atoms with E-state index in [1.807, 2.05) is 12.2 Å². The molecule has 0 aromatic rings. The average molecular weight is 459 g/mol. The number of rotatable bonds is 5. The van der Waals surface area contributed by atoms with E-state index in [1.54, 1.807) is 0 Å². The van der Waals surface area contributed by atoms with Gasteiger partial charge in [0.1, 0.15) is 6.10 Å². The maximum atomic E-state index is 12.9. The van der Waals surface area contributed by atoms with Gasteiger partial charge in [-0.2, -0.15) is 0 Å². The van der Waals surface area contributed by atoms with Gasteiger partial charge in [-0.25, -0.2) is 0 Å². The molecule has 0 radical (unpaired) electrons. The van der Waals surface area contributed by atoms with Crippen molar-refractivity contribution in [2.24, 2.45) is 11.8 Å². The lowest BCUT2D eigenvalue weighted by atomic mass is 9.88. The van der Waals surface area contributed by atoms with Crippen LogP contribution in [0.15, 0.2) is 36.5 Å². The quantitative estimate of drug-likeness (QED) is 0.191. The third-order valence-electron chi connectivity index (χ3n) is 7.23. The van der Waals surface area contributed by atoms with Crippen molar-refractivity contribution in [3.63, 3.8) is 0 Å². The van der Waals surface area contributed by atoms with Crippen LogP contribution in [0.25, 0.3) is 0 Å².